The normalized spacial score (nSPS) is 11.7. The summed E-state index contributed by atoms with van der Waals surface area (Å²) < 4.78 is 0. The zero-order chi connectivity index (χ0) is 41.5. The second-order valence-electron chi connectivity index (χ2n) is 15.8. The number of allylic oxidation sites excluding steroid dienone is 1. The van der Waals surface area contributed by atoms with E-state index in [0.717, 1.165) is 24.2 Å². The maximum Gasteiger partial charge on any atom is -0.0356 e. The van der Waals surface area contributed by atoms with Crippen molar-refractivity contribution in [2.75, 3.05) is 0 Å². The fourth-order valence-electron chi connectivity index (χ4n) is 6.66. The minimum absolute atomic E-state index is 0.941. The van der Waals surface area contributed by atoms with Gasteiger partial charge in [-0.3, -0.25) is 0 Å². The van der Waals surface area contributed by atoms with E-state index in [1.807, 2.05) is 47.6 Å². The summed E-state index contributed by atoms with van der Waals surface area (Å²) in [4.78, 5) is 0. The fraction of sp³-hybridized carbons (Fsp3) is 0.962. The van der Waals surface area contributed by atoms with Crippen molar-refractivity contribution in [3.8, 4) is 0 Å². The molecule has 53 heavy (non-hydrogen) atoms. The zero-order valence-electron chi connectivity index (χ0n) is 41.1. The van der Waals surface area contributed by atoms with Crippen LogP contribution in [0.3, 0.4) is 0 Å². The standard InChI is InChI=1S/2C21H44.C5H10.3C2H6/c1-5-7-9-11-13-15-17-19-21(4)20(3)18-16-14-12-10-8-6-2;1-4-6-8-10-12-14-16-18-20-21(3)19-17-15-13-11-9-7-5-2;1-3-5-4-2;3*1-2/h20-21H,5-19H2,1-4H3;21H,4-20H2,1-3H3;3H,1,4-5H2,2H3;3*1-2H3. The van der Waals surface area contributed by atoms with E-state index in [1.54, 1.807) is 0 Å². The second-order valence-corrected chi connectivity index (χ2v) is 15.8. The molecule has 0 amide bonds. The lowest BCUT2D eigenvalue weighted by atomic mass is 9.86. The van der Waals surface area contributed by atoms with Gasteiger partial charge in [0.25, 0.3) is 0 Å². The summed E-state index contributed by atoms with van der Waals surface area (Å²) in [7, 11) is 0. The average Bonchev–Trinajstić information content (AvgIpc) is 3.19. The van der Waals surface area contributed by atoms with Gasteiger partial charge in [0.15, 0.2) is 0 Å². The molecule has 0 aliphatic heterocycles. The molecule has 328 valence electrons. The van der Waals surface area contributed by atoms with E-state index in [0.29, 0.717) is 0 Å². The molecule has 0 bridgehead atoms. The Morgan fingerprint density at radius 3 is 0.698 bits per heavy atom. The molecule has 3 unspecified atom stereocenters. The van der Waals surface area contributed by atoms with Gasteiger partial charge in [-0.15, -0.1) is 6.58 Å². The molecule has 0 rings (SSSR count). The molecule has 0 heteroatoms. The maximum absolute atomic E-state index is 3.55. The Labute approximate surface area is 344 Å². The van der Waals surface area contributed by atoms with Gasteiger partial charge in [0.1, 0.15) is 0 Å². The van der Waals surface area contributed by atoms with Crippen molar-refractivity contribution in [2.45, 2.75) is 315 Å². The first-order valence-electron chi connectivity index (χ1n) is 25.6. The van der Waals surface area contributed by atoms with Gasteiger partial charge in [-0.05, 0) is 24.2 Å². The first kappa shape index (κ1) is 64.6. The molecule has 0 spiro atoms. The summed E-state index contributed by atoms with van der Waals surface area (Å²) in [5.74, 6) is 2.85. The van der Waals surface area contributed by atoms with Crippen LogP contribution in [-0.4, -0.2) is 0 Å². The molecular weight excluding hydrogens is 637 g/mol. The van der Waals surface area contributed by atoms with E-state index >= 15 is 0 Å². The summed E-state index contributed by atoms with van der Waals surface area (Å²) in [6.45, 7) is 34.3. The lowest BCUT2D eigenvalue weighted by molar-refractivity contribution is 0.322. The quantitative estimate of drug-likeness (QED) is 0.0447. The van der Waals surface area contributed by atoms with Gasteiger partial charge in [0.2, 0.25) is 0 Å². The van der Waals surface area contributed by atoms with Crippen LogP contribution in [0.5, 0.6) is 0 Å². The molecule has 0 radical (unpaired) electrons. The van der Waals surface area contributed by atoms with Crippen LogP contribution in [0.2, 0.25) is 0 Å². The van der Waals surface area contributed by atoms with Gasteiger partial charge in [0.05, 0.1) is 0 Å². The lowest BCUT2D eigenvalue weighted by Crippen LogP contribution is -2.08. The Hall–Kier alpha value is -0.260. The van der Waals surface area contributed by atoms with E-state index in [4.69, 9.17) is 0 Å². The highest BCUT2D eigenvalue weighted by Gasteiger charge is 2.11. The molecule has 0 aromatic rings. The average molecular weight is 754 g/mol. The Bertz CT molecular complexity index is 506. The molecule has 0 saturated heterocycles. The summed E-state index contributed by atoms with van der Waals surface area (Å²) in [5, 5.41) is 0. The third-order valence-electron chi connectivity index (χ3n) is 10.6. The van der Waals surface area contributed by atoms with Crippen molar-refractivity contribution in [2.24, 2.45) is 17.8 Å². The van der Waals surface area contributed by atoms with Crippen molar-refractivity contribution in [3.05, 3.63) is 12.7 Å². The molecule has 0 saturated carbocycles. The highest BCUT2D eigenvalue weighted by atomic mass is 14.2. The Balaban J connectivity index is -0.000000164. The van der Waals surface area contributed by atoms with Crippen LogP contribution in [0, 0.1) is 17.8 Å². The van der Waals surface area contributed by atoms with Crippen molar-refractivity contribution in [1.82, 2.24) is 0 Å². The molecule has 0 aliphatic carbocycles. The highest BCUT2D eigenvalue weighted by molar-refractivity contribution is 4.64. The van der Waals surface area contributed by atoms with Crippen LogP contribution in [0.25, 0.3) is 0 Å². The number of unbranched alkanes of at least 4 members (excludes halogenated alkanes) is 25. The van der Waals surface area contributed by atoms with Crippen LogP contribution < -0.4 is 0 Å². The second kappa shape index (κ2) is 69.6. The summed E-state index contributed by atoms with van der Waals surface area (Å²) >= 11 is 0. The number of hydrogen-bond donors (Lipinski definition) is 0. The van der Waals surface area contributed by atoms with Gasteiger partial charge in [0, 0.05) is 0 Å². The number of hydrogen-bond acceptors (Lipinski definition) is 0. The van der Waals surface area contributed by atoms with Crippen LogP contribution in [0.4, 0.5) is 0 Å². The summed E-state index contributed by atoms with van der Waals surface area (Å²) in [6, 6.07) is 0. The molecule has 0 nitrogen and oxygen atoms in total. The summed E-state index contributed by atoms with van der Waals surface area (Å²) in [5.41, 5.74) is 0. The molecule has 3 atom stereocenters. The maximum atomic E-state index is 3.55. The Morgan fingerprint density at radius 1 is 0.302 bits per heavy atom. The van der Waals surface area contributed by atoms with Gasteiger partial charge in [-0.2, -0.15) is 0 Å². The zero-order valence-corrected chi connectivity index (χ0v) is 41.1. The van der Waals surface area contributed by atoms with Crippen molar-refractivity contribution >= 4 is 0 Å². The fourth-order valence-corrected chi connectivity index (χ4v) is 6.66. The predicted octanol–water partition coefficient (Wildman–Crippen LogP) is 21.5. The van der Waals surface area contributed by atoms with Gasteiger partial charge in [-0.25, -0.2) is 0 Å². The highest BCUT2D eigenvalue weighted by Crippen LogP contribution is 2.24. The molecule has 0 aromatic carbocycles. The SMILES string of the molecule is C=CCCC.CC.CC.CC.CCCCCCCCCC(C)C(C)CCCCCCCC.CCCCCCCCCCC(C)CCCCCCCCC. The monoisotopic (exact) mass is 753 g/mol. The summed E-state index contributed by atoms with van der Waals surface area (Å²) in [6.07, 6.45) is 50.8. The van der Waals surface area contributed by atoms with Crippen molar-refractivity contribution in [3.63, 3.8) is 0 Å². The van der Waals surface area contributed by atoms with Crippen LogP contribution in [0.1, 0.15) is 315 Å². The lowest BCUT2D eigenvalue weighted by Gasteiger charge is -2.19. The van der Waals surface area contributed by atoms with E-state index in [2.05, 4.69) is 62.0 Å². The van der Waals surface area contributed by atoms with Gasteiger partial charge in [-0.1, -0.05) is 315 Å². The van der Waals surface area contributed by atoms with E-state index in [1.165, 1.54) is 212 Å². The largest absolute Gasteiger partial charge is 0.103 e. The van der Waals surface area contributed by atoms with Gasteiger partial charge >= 0.3 is 0 Å². The van der Waals surface area contributed by atoms with Gasteiger partial charge < -0.3 is 0 Å². The molecule has 0 aromatic heterocycles. The molecule has 0 heterocycles. The van der Waals surface area contributed by atoms with Crippen LogP contribution in [-0.2, 0) is 0 Å². The topological polar surface area (TPSA) is 0 Å². The Morgan fingerprint density at radius 2 is 0.509 bits per heavy atom. The smallest absolute Gasteiger partial charge is 0.0356 e. The molecule has 0 fully saturated rings. The molecule has 0 N–H and O–H groups in total. The van der Waals surface area contributed by atoms with E-state index < -0.39 is 0 Å². The third kappa shape index (κ3) is 73.5. The molecular formula is C53H116. The Kier molecular flexibility index (Phi) is 84.9. The molecule has 0 aliphatic rings. The van der Waals surface area contributed by atoms with E-state index in [-0.39, 0.29) is 0 Å². The van der Waals surface area contributed by atoms with Crippen LogP contribution in [0.15, 0.2) is 12.7 Å². The number of rotatable bonds is 35. The first-order valence-corrected chi connectivity index (χ1v) is 25.6. The van der Waals surface area contributed by atoms with Crippen molar-refractivity contribution in [1.29, 1.82) is 0 Å². The third-order valence-corrected chi connectivity index (χ3v) is 10.6. The van der Waals surface area contributed by atoms with Crippen molar-refractivity contribution < 1.29 is 0 Å². The van der Waals surface area contributed by atoms with Crippen LogP contribution >= 0.6 is 0 Å². The minimum Gasteiger partial charge on any atom is -0.103 e. The predicted molar refractivity (Wildman–Crippen MR) is 257 cm³/mol. The first-order chi connectivity index (χ1) is 25.9. The van der Waals surface area contributed by atoms with E-state index in [9.17, 15) is 0 Å². The minimum atomic E-state index is 0.941.